The van der Waals surface area contributed by atoms with Gasteiger partial charge < -0.3 is 14.5 Å². The third-order valence-corrected chi connectivity index (χ3v) is 3.33. The molecular weight excluding hydrogens is 258 g/mol. The molecule has 2 heterocycles. The zero-order valence-corrected chi connectivity index (χ0v) is 12.0. The van der Waals surface area contributed by atoms with Crippen LogP contribution in [-0.4, -0.2) is 12.5 Å². The zero-order chi connectivity index (χ0) is 14.5. The highest BCUT2D eigenvalue weighted by molar-refractivity contribution is 5.80. The maximum atomic E-state index is 11.7. The number of aryl methyl sites for hydroxylation is 1. The van der Waals surface area contributed by atoms with Gasteiger partial charge in [0.15, 0.2) is 6.23 Å². The first-order valence-electron chi connectivity index (χ1n) is 7.22. The molecule has 0 radical (unpaired) electrons. The Bertz CT molecular complexity index is 535. The molecule has 20 heavy (non-hydrogen) atoms. The van der Waals surface area contributed by atoms with Crippen molar-refractivity contribution in [2.45, 2.75) is 52.2 Å². The van der Waals surface area contributed by atoms with E-state index in [2.05, 4.69) is 12.2 Å². The average molecular weight is 279 g/mol. The van der Waals surface area contributed by atoms with Gasteiger partial charge in [-0.1, -0.05) is 20.3 Å². The SMILES string of the molecule is CCCCc1cc(=O)oc2c1C(OCCC)NC(=O)C2. The predicted octanol–water partition coefficient (Wildman–Crippen LogP) is 2.08. The molecule has 5 heteroatoms. The van der Waals surface area contributed by atoms with Crippen LogP contribution < -0.4 is 10.9 Å². The van der Waals surface area contributed by atoms with Crippen molar-refractivity contribution < 1.29 is 13.9 Å². The van der Waals surface area contributed by atoms with Gasteiger partial charge in [0.25, 0.3) is 0 Å². The number of fused-ring (bicyclic) bond motifs is 1. The first kappa shape index (κ1) is 14.8. The number of carbonyl (C=O) groups is 1. The Morgan fingerprint density at radius 2 is 2.15 bits per heavy atom. The van der Waals surface area contributed by atoms with Gasteiger partial charge in [-0.25, -0.2) is 4.79 Å². The van der Waals surface area contributed by atoms with Crippen LogP contribution in [0.4, 0.5) is 0 Å². The summed E-state index contributed by atoms with van der Waals surface area (Å²) < 4.78 is 10.9. The van der Waals surface area contributed by atoms with E-state index in [1.54, 1.807) is 0 Å². The van der Waals surface area contributed by atoms with Crippen molar-refractivity contribution >= 4 is 5.91 Å². The third kappa shape index (κ3) is 3.28. The largest absolute Gasteiger partial charge is 0.427 e. The molecular formula is C15H21NO4. The Morgan fingerprint density at radius 1 is 1.35 bits per heavy atom. The van der Waals surface area contributed by atoms with Crippen LogP contribution in [0.1, 0.15) is 56.2 Å². The summed E-state index contributed by atoms with van der Waals surface area (Å²) in [5.74, 6) is 0.280. The fraction of sp³-hybridized carbons (Fsp3) is 0.600. The molecule has 1 aliphatic heterocycles. The Balaban J connectivity index is 2.39. The molecule has 0 aromatic carbocycles. The zero-order valence-electron chi connectivity index (χ0n) is 12.0. The third-order valence-electron chi connectivity index (χ3n) is 3.33. The van der Waals surface area contributed by atoms with Gasteiger partial charge in [0.05, 0.1) is 6.42 Å². The molecule has 0 spiro atoms. The minimum atomic E-state index is -0.498. The van der Waals surface area contributed by atoms with Gasteiger partial charge >= 0.3 is 5.63 Å². The van der Waals surface area contributed by atoms with Crippen molar-refractivity contribution in [1.29, 1.82) is 0 Å². The molecule has 0 saturated heterocycles. The van der Waals surface area contributed by atoms with Crippen LogP contribution in [0.25, 0.3) is 0 Å². The molecule has 110 valence electrons. The van der Waals surface area contributed by atoms with Gasteiger partial charge in [0.2, 0.25) is 5.91 Å². The van der Waals surface area contributed by atoms with Crippen molar-refractivity contribution in [3.63, 3.8) is 0 Å². The van der Waals surface area contributed by atoms with E-state index in [9.17, 15) is 9.59 Å². The van der Waals surface area contributed by atoms with E-state index in [4.69, 9.17) is 9.15 Å². The molecule has 0 fully saturated rings. The first-order valence-corrected chi connectivity index (χ1v) is 7.22. The molecule has 1 aromatic heterocycles. The lowest BCUT2D eigenvalue weighted by molar-refractivity contribution is -0.126. The standard InChI is InChI=1S/C15H21NO4/c1-3-5-6-10-8-13(18)20-11-9-12(17)16-15(14(10)11)19-7-4-2/h8,15H,3-7,9H2,1-2H3,(H,16,17). The summed E-state index contributed by atoms with van der Waals surface area (Å²) >= 11 is 0. The number of hydrogen-bond donors (Lipinski definition) is 1. The predicted molar refractivity (Wildman–Crippen MR) is 74.4 cm³/mol. The number of rotatable bonds is 6. The lowest BCUT2D eigenvalue weighted by Crippen LogP contribution is -2.38. The van der Waals surface area contributed by atoms with E-state index < -0.39 is 11.9 Å². The molecule has 1 aliphatic rings. The Labute approximate surface area is 118 Å². The van der Waals surface area contributed by atoms with Gasteiger partial charge in [-0.3, -0.25) is 4.79 Å². The van der Waals surface area contributed by atoms with Crippen molar-refractivity contribution in [3.05, 3.63) is 33.4 Å². The molecule has 2 rings (SSSR count). The summed E-state index contributed by atoms with van der Waals surface area (Å²) in [5.41, 5.74) is 1.38. The Kier molecular flexibility index (Phi) is 4.95. The van der Waals surface area contributed by atoms with Crippen LogP contribution in [-0.2, 0) is 22.4 Å². The molecule has 1 aromatic rings. The van der Waals surface area contributed by atoms with Gasteiger partial charge in [0, 0.05) is 18.2 Å². The van der Waals surface area contributed by atoms with E-state index in [-0.39, 0.29) is 12.3 Å². The maximum Gasteiger partial charge on any atom is 0.336 e. The lowest BCUT2D eigenvalue weighted by atomic mass is 9.97. The van der Waals surface area contributed by atoms with Gasteiger partial charge in [0.1, 0.15) is 5.76 Å². The fourth-order valence-electron chi connectivity index (χ4n) is 2.40. The van der Waals surface area contributed by atoms with Crippen LogP contribution >= 0.6 is 0 Å². The van der Waals surface area contributed by atoms with Crippen LogP contribution in [0.3, 0.4) is 0 Å². The number of unbranched alkanes of at least 4 members (excludes halogenated alkanes) is 1. The Morgan fingerprint density at radius 3 is 2.85 bits per heavy atom. The van der Waals surface area contributed by atoms with E-state index in [0.29, 0.717) is 12.4 Å². The van der Waals surface area contributed by atoms with Crippen LogP contribution in [0.2, 0.25) is 0 Å². The summed E-state index contributed by atoms with van der Waals surface area (Å²) in [6.45, 7) is 4.66. The Hall–Kier alpha value is -1.62. The summed E-state index contributed by atoms with van der Waals surface area (Å²) in [7, 11) is 0. The minimum Gasteiger partial charge on any atom is -0.427 e. The minimum absolute atomic E-state index is 0.108. The van der Waals surface area contributed by atoms with Crippen molar-refractivity contribution in [1.82, 2.24) is 5.32 Å². The summed E-state index contributed by atoms with van der Waals surface area (Å²) in [6, 6.07) is 1.52. The van der Waals surface area contributed by atoms with E-state index in [1.807, 2.05) is 6.92 Å². The molecule has 1 N–H and O–H groups in total. The normalized spacial score (nSPS) is 17.7. The molecule has 0 saturated carbocycles. The molecule has 1 unspecified atom stereocenters. The summed E-state index contributed by atoms with van der Waals surface area (Å²) in [5, 5.41) is 2.82. The highest BCUT2D eigenvalue weighted by atomic mass is 16.5. The van der Waals surface area contributed by atoms with Gasteiger partial charge in [-0.05, 0) is 24.8 Å². The molecule has 5 nitrogen and oxygen atoms in total. The molecule has 1 atom stereocenters. The van der Waals surface area contributed by atoms with Crippen LogP contribution in [0.5, 0.6) is 0 Å². The number of amides is 1. The van der Waals surface area contributed by atoms with Gasteiger partial charge in [-0.2, -0.15) is 0 Å². The second-order valence-corrected chi connectivity index (χ2v) is 5.03. The highest BCUT2D eigenvalue weighted by Gasteiger charge is 2.29. The van der Waals surface area contributed by atoms with E-state index in [1.165, 1.54) is 6.07 Å². The maximum absolute atomic E-state index is 11.7. The number of carbonyl (C=O) groups excluding carboxylic acids is 1. The van der Waals surface area contributed by atoms with Crippen LogP contribution in [0.15, 0.2) is 15.3 Å². The number of hydrogen-bond acceptors (Lipinski definition) is 4. The fourth-order valence-corrected chi connectivity index (χ4v) is 2.40. The van der Waals surface area contributed by atoms with Crippen molar-refractivity contribution in [2.75, 3.05) is 6.61 Å². The van der Waals surface area contributed by atoms with Crippen molar-refractivity contribution in [2.24, 2.45) is 0 Å². The smallest absolute Gasteiger partial charge is 0.336 e. The molecule has 1 amide bonds. The summed E-state index contributed by atoms with van der Waals surface area (Å²) in [4.78, 5) is 23.3. The van der Waals surface area contributed by atoms with Crippen molar-refractivity contribution in [3.8, 4) is 0 Å². The average Bonchev–Trinajstić information content (AvgIpc) is 2.41. The van der Waals surface area contributed by atoms with Gasteiger partial charge in [-0.15, -0.1) is 0 Å². The van der Waals surface area contributed by atoms with E-state index in [0.717, 1.165) is 36.8 Å². The molecule has 0 bridgehead atoms. The second kappa shape index (κ2) is 6.70. The highest BCUT2D eigenvalue weighted by Crippen LogP contribution is 2.28. The molecule has 0 aliphatic carbocycles. The van der Waals surface area contributed by atoms with Crippen LogP contribution in [0, 0.1) is 0 Å². The first-order chi connectivity index (χ1) is 9.65. The number of ether oxygens (including phenoxy) is 1. The monoisotopic (exact) mass is 279 g/mol. The quantitative estimate of drug-likeness (QED) is 0.865. The second-order valence-electron chi connectivity index (χ2n) is 5.03. The lowest BCUT2D eigenvalue weighted by Gasteiger charge is -2.27. The number of nitrogens with one attached hydrogen (secondary N) is 1. The van der Waals surface area contributed by atoms with E-state index >= 15 is 0 Å². The topological polar surface area (TPSA) is 68.5 Å². The summed E-state index contributed by atoms with van der Waals surface area (Å²) in [6.07, 6.45) is 3.31.